The van der Waals surface area contributed by atoms with Crippen molar-refractivity contribution in [2.75, 3.05) is 6.54 Å². The summed E-state index contributed by atoms with van der Waals surface area (Å²) >= 11 is 3.44. The Morgan fingerprint density at radius 3 is 2.68 bits per heavy atom. The van der Waals surface area contributed by atoms with Crippen LogP contribution in [0.2, 0.25) is 0 Å². The van der Waals surface area contributed by atoms with E-state index in [1.165, 1.54) is 0 Å². The zero-order valence-electron chi connectivity index (χ0n) is 10.9. The average molecular weight is 328 g/mol. The Labute approximate surface area is 121 Å². The van der Waals surface area contributed by atoms with Gasteiger partial charge in [0.2, 0.25) is 5.91 Å². The molecule has 4 nitrogen and oxygen atoms in total. The van der Waals surface area contributed by atoms with Gasteiger partial charge < -0.3 is 10.4 Å². The molecule has 0 fully saturated rings. The van der Waals surface area contributed by atoms with Crippen LogP contribution in [0, 0.1) is 6.92 Å². The maximum atomic E-state index is 11.5. The summed E-state index contributed by atoms with van der Waals surface area (Å²) in [5, 5.41) is 11.2. The molecule has 2 N–H and O–H groups in total. The molecule has 0 aliphatic carbocycles. The molecule has 104 valence electrons. The van der Waals surface area contributed by atoms with E-state index in [1.807, 2.05) is 19.1 Å². The predicted molar refractivity (Wildman–Crippen MR) is 77.1 cm³/mol. The minimum atomic E-state index is -0.834. The molecule has 0 radical (unpaired) electrons. The quantitative estimate of drug-likeness (QED) is 0.756. The molecule has 0 atom stereocenters. The summed E-state index contributed by atoms with van der Waals surface area (Å²) in [4.78, 5) is 21.8. The first-order chi connectivity index (χ1) is 8.99. The summed E-state index contributed by atoms with van der Waals surface area (Å²) in [6, 6.07) is 6.03. The number of halogens is 1. The number of nitrogens with one attached hydrogen (secondary N) is 1. The molecule has 0 spiro atoms. The van der Waals surface area contributed by atoms with Crippen LogP contribution < -0.4 is 5.32 Å². The SMILES string of the molecule is Cc1cc(CCC(=O)NCCCC(=O)O)ccc1Br. The lowest BCUT2D eigenvalue weighted by Crippen LogP contribution is -2.25. The average Bonchev–Trinajstić information content (AvgIpc) is 2.36. The summed E-state index contributed by atoms with van der Waals surface area (Å²) in [7, 11) is 0. The lowest BCUT2D eigenvalue weighted by molar-refractivity contribution is -0.137. The molecule has 0 aliphatic heterocycles. The van der Waals surface area contributed by atoms with Gasteiger partial charge in [0.1, 0.15) is 0 Å². The molecule has 0 unspecified atom stereocenters. The Bertz CT molecular complexity index is 460. The lowest BCUT2D eigenvalue weighted by atomic mass is 10.1. The van der Waals surface area contributed by atoms with Gasteiger partial charge >= 0.3 is 5.97 Å². The monoisotopic (exact) mass is 327 g/mol. The van der Waals surface area contributed by atoms with Gasteiger partial charge in [-0.15, -0.1) is 0 Å². The summed E-state index contributed by atoms with van der Waals surface area (Å²) in [5.41, 5.74) is 2.28. The van der Waals surface area contributed by atoms with Crippen molar-refractivity contribution >= 4 is 27.8 Å². The highest BCUT2D eigenvalue weighted by atomic mass is 79.9. The third kappa shape index (κ3) is 6.38. The summed E-state index contributed by atoms with van der Waals surface area (Å²) in [6.45, 7) is 2.43. The van der Waals surface area contributed by atoms with Gasteiger partial charge in [0.25, 0.3) is 0 Å². The molecule has 1 amide bonds. The molecule has 0 heterocycles. The van der Waals surface area contributed by atoms with Crippen LogP contribution in [0.5, 0.6) is 0 Å². The van der Waals surface area contributed by atoms with E-state index in [-0.39, 0.29) is 12.3 Å². The Morgan fingerprint density at radius 2 is 2.05 bits per heavy atom. The molecule has 0 bridgehead atoms. The van der Waals surface area contributed by atoms with Crippen molar-refractivity contribution in [2.24, 2.45) is 0 Å². The van der Waals surface area contributed by atoms with Crippen LogP contribution in [0.15, 0.2) is 22.7 Å². The third-order valence-electron chi connectivity index (χ3n) is 2.75. The maximum Gasteiger partial charge on any atom is 0.303 e. The van der Waals surface area contributed by atoms with Gasteiger partial charge in [0, 0.05) is 23.9 Å². The van der Waals surface area contributed by atoms with Gasteiger partial charge in [0.05, 0.1) is 0 Å². The number of benzene rings is 1. The molecule has 0 saturated heterocycles. The minimum absolute atomic E-state index is 0.0361. The molecule has 19 heavy (non-hydrogen) atoms. The molecule has 1 rings (SSSR count). The highest BCUT2D eigenvalue weighted by Crippen LogP contribution is 2.17. The van der Waals surface area contributed by atoms with Crippen LogP contribution >= 0.6 is 15.9 Å². The Balaban J connectivity index is 2.26. The van der Waals surface area contributed by atoms with Crippen molar-refractivity contribution in [1.29, 1.82) is 0 Å². The van der Waals surface area contributed by atoms with Gasteiger partial charge in [-0.25, -0.2) is 0 Å². The van der Waals surface area contributed by atoms with E-state index in [0.717, 1.165) is 15.6 Å². The molecule has 0 saturated carbocycles. The Morgan fingerprint density at radius 1 is 1.32 bits per heavy atom. The Hall–Kier alpha value is -1.36. The first-order valence-corrected chi connectivity index (χ1v) is 7.02. The van der Waals surface area contributed by atoms with Gasteiger partial charge in [-0.2, -0.15) is 0 Å². The lowest BCUT2D eigenvalue weighted by Gasteiger charge is -2.06. The molecule has 0 aliphatic rings. The minimum Gasteiger partial charge on any atom is -0.481 e. The number of carboxylic acids is 1. The van der Waals surface area contributed by atoms with E-state index < -0.39 is 5.97 Å². The number of hydrogen-bond donors (Lipinski definition) is 2. The fraction of sp³-hybridized carbons (Fsp3) is 0.429. The number of amides is 1. The molecular weight excluding hydrogens is 310 g/mol. The molecule has 1 aromatic rings. The van der Waals surface area contributed by atoms with E-state index >= 15 is 0 Å². The Kier molecular flexibility index (Phi) is 6.56. The van der Waals surface area contributed by atoms with Crippen LogP contribution in [-0.2, 0) is 16.0 Å². The first kappa shape index (κ1) is 15.7. The van der Waals surface area contributed by atoms with Crippen LogP contribution in [0.1, 0.15) is 30.4 Å². The largest absolute Gasteiger partial charge is 0.481 e. The van der Waals surface area contributed by atoms with E-state index in [4.69, 9.17) is 5.11 Å². The number of carbonyl (C=O) groups excluding carboxylic acids is 1. The summed E-state index contributed by atoms with van der Waals surface area (Å²) in [5.74, 6) is -0.870. The number of carbonyl (C=O) groups is 2. The van der Waals surface area contributed by atoms with Crippen molar-refractivity contribution in [2.45, 2.75) is 32.6 Å². The number of hydrogen-bond acceptors (Lipinski definition) is 2. The second-order valence-corrected chi connectivity index (χ2v) is 5.29. The van der Waals surface area contributed by atoms with Gasteiger partial charge in [-0.3, -0.25) is 9.59 Å². The zero-order chi connectivity index (χ0) is 14.3. The number of aliphatic carboxylic acids is 1. The van der Waals surface area contributed by atoms with Crippen LogP contribution in [0.4, 0.5) is 0 Å². The topological polar surface area (TPSA) is 66.4 Å². The van der Waals surface area contributed by atoms with Crippen molar-refractivity contribution in [3.63, 3.8) is 0 Å². The van der Waals surface area contributed by atoms with Crippen LogP contribution in [0.3, 0.4) is 0 Å². The summed E-state index contributed by atoms with van der Waals surface area (Å²) in [6.07, 6.45) is 1.68. The van der Waals surface area contributed by atoms with Gasteiger partial charge in [-0.1, -0.05) is 28.1 Å². The molecular formula is C14H18BrNO3. The summed E-state index contributed by atoms with van der Waals surface area (Å²) < 4.78 is 1.06. The number of rotatable bonds is 7. The van der Waals surface area contributed by atoms with Crippen molar-refractivity contribution in [3.8, 4) is 0 Å². The number of aryl methyl sites for hydroxylation is 2. The highest BCUT2D eigenvalue weighted by Gasteiger charge is 2.04. The first-order valence-electron chi connectivity index (χ1n) is 6.22. The normalized spacial score (nSPS) is 10.2. The van der Waals surface area contributed by atoms with E-state index in [2.05, 4.69) is 27.3 Å². The van der Waals surface area contributed by atoms with Crippen LogP contribution in [-0.4, -0.2) is 23.5 Å². The molecule has 0 aromatic heterocycles. The predicted octanol–water partition coefficient (Wildman–Crippen LogP) is 2.67. The third-order valence-corrected chi connectivity index (χ3v) is 3.64. The fourth-order valence-electron chi connectivity index (χ4n) is 1.68. The van der Waals surface area contributed by atoms with Crippen molar-refractivity contribution in [1.82, 2.24) is 5.32 Å². The molecule has 1 aromatic carbocycles. The second kappa shape index (κ2) is 7.94. The maximum absolute atomic E-state index is 11.5. The van der Waals surface area contributed by atoms with Crippen molar-refractivity contribution in [3.05, 3.63) is 33.8 Å². The van der Waals surface area contributed by atoms with Gasteiger partial charge in [-0.05, 0) is 37.0 Å². The molecule has 5 heteroatoms. The fourth-order valence-corrected chi connectivity index (χ4v) is 1.92. The van der Waals surface area contributed by atoms with Crippen LogP contribution in [0.25, 0.3) is 0 Å². The smallest absolute Gasteiger partial charge is 0.303 e. The number of carboxylic acid groups (broad SMARTS) is 1. The standard InChI is InChI=1S/C14H18BrNO3/c1-10-9-11(4-6-12(10)15)5-7-13(17)16-8-2-3-14(18)19/h4,6,9H,2-3,5,7-8H2,1H3,(H,16,17)(H,18,19). The van der Waals surface area contributed by atoms with Gasteiger partial charge in [0.15, 0.2) is 0 Å². The van der Waals surface area contributed by atoms with E-state index in [0.29, 0.717) is 25.8 Å². The van der Waals surface area contributed by atoms with Crippen molar-refractivity contribution < 1.29 is 14.7 Å². The van der Waals surface area contributed by atoms with E-state index in [9.17, 15) is 9.59 Å². The van der Waals surface area contributed by atoms with E-state index in [1.54, 1.807) is 0 Å². The second-order valence-electron chi connectivity index (χ2n) is 4.43. The highest BCUT2D eigenvalue weighted by molar-refractivity contribution is 9.10. The zero-order valence-corrected chi connectivity index (χ0v) is 12.5.